The van der Waals surface area contributed by atoms with Crippen molar-refractivity contribution in [1.29, 1.82) is 0 Å². The van der Waals surface area contributed by atoms with Crippen molar-refractivity contribution in [3.05, 3.63) is 29.8 Å². The minimum atomic E-state index is 0.00182. The number of carbonyl (C=O) groups excluding carboxylic acids is 2. The van der Waals surface area contributed by atoms with E-state index in [0.29, 0.717) is 18.2 Å². The number of piperidine rings is 1. The molecule has 1 saturated carbocycles. The third-order valence-corrected chi connectivity index (χ3v) is 5.67. The van der Waals surface area contributed by atoms with Gasteiger partial charge in [0.25, 0.3) is 5.91 Å². The van der Waals surface area contributed by atoms with Gasteiger partial charge in [0.05, 0.1) is 6.54 Å². The van der Waals surface area contributed by atoms with Crippen LogP contribution < -0.4 is 10.6 Å². The SMILES string of the molecule is CC1CCN(C(=O)CNc2ccc(C(=O)NC3CCCCC3)cc2)CC1. The van der Waals surface area contributed by atoms with Crippen LogP contribution >= 0.6 is 0 Å². The molecule has 1 aliphatic heterocycles. The smallest absolute Gasteiger partial charge is 0.251 e. The molecule has 5 heteroatoms. The van der Waals surface area contributed by atoms with Gasteiger partial charge in [0.1, 0.15) is 0 Å². The molecule has 3 rings (SSSR count). The van der Waals surface area contributed by atoms with Crippen molar-refractivity contribution < 1.29 is 9.59 Å². The molecule has 26 heavy (non-hydrogen) atoms. The lowest BCUT2D eigenvalue weighted by molar-refractivity contribution is -0.130. The van der Waals surface area contributed by atoms with E-state index in [-0.39, 0.29) is 11.8 Å². The molecule has 0 atom stereocenters. The summed E-state index contributed by atoms with van der Waals surface area (Å²) >= 11 is 0. The lowest BCUT2D eigenvalue weighted by Crippen LogP contribution is -2.40. The van der Waals surface area contributed by atoms with Gasteiger partial charge in [-0.25, -0.2) is 0 Å². The number of hydrogen-bond donors (Lipinski definition) is 2. The minimum absolute atomic E-state index is 0.00182. The number of hydrogen-bond acceptors (Lipinski definition) is 3. The number of nitrogens with one attached hydrogen (secondary N) is 2. The summed E-state index contributed by atoms with van der Waals surface area (Å²) < 4.78 is 0. The van der Waals surface area contributed by atoms with Crippen LogP contribution in [0.3, 0.4) is 0 Å². The number of likely N-dealkylation sites (tertiary alicyclic amines) is 1. The van der Waals surface area contributed by atoms with Crippen molar-refractivity contribution in [3.8, 4) is 0 Å². The summed E-state index contributed by atoms with van der Waals surface area (Å²) in [4.78, 5) is 26.5. The predicted molar refractivity (Wildman–Crippen MR) is 104 cm³/mol. The summed E-state index contributed by atoms with van der Waals surface area (Å²) in [5.74, 6) is 0.872. The Morgan fingerprint density at radius 3 is 2.31 bits per heavy atom. The summed E-state index contributed by atoms with van der Waals surface area (Å²) in [6.45, 7) is 4.28. The molecular weight excluding hydrogens is 326 g/mol. The second-order valence-electron chi connectivity index (χ2n) is 7.80. The maximum Gasteiger partial charge on any atom is 0.251 e. The highest BCUT2D eigenvalue weighted by Gasteiger charge is 2.20. The second-order valence-corrected chi connectivity index (χ2v) is 7.80. The van der Waals surface area contributed by atoms with Crippen LogP contribution in [0.15, 0.2) is 24.3 Å². The van der Waals surface area contributed by atoms with E-state index in [1.807, 2.05) is 29.2 Å². The normalized spacial score (nSPS) is 19.2. The Hall–Kier alpha value is -2.04. The Morgan fingerprint density at radius 1 is 1.00 bits per heavy atom. The van der Waals surface area contributed by atoms with Crippen LogP contribution in [-0.4, -0.2) is 42.4 Å². The molecule has 1 heterocycles. The van der Waals surface area contributed by atoms with E-state index in [1.165, 1.54) is 19.3 Å². The van der Waals surface area contributed by atoms with Gasteiger partial charge >= 0.3 is 0 Å². The Labute approximate surface area is 156 Å². The molecule has 1 aromatic rings. The first-order chi connectivity index (χ1) is 12.6. The predicted octanol–water partition coefficient (Wildman–Crippen LogP) is 3.42. The molecule has 2 fully saturated rings. The van der Waals surface area contributed by atoms with E-state index in [1.54, 1.807) is 0 Å². The monoisotopic (exact) mass is 357 g/mol. The number of nitrogens with zero attached hydrogens (tertiary/aromatic N) is 1. The summed E-state index contributed by atoms with van der Waals surface area (Å²) in [7, 11) is 0. The summed E-state index contributed by atoms with van der Waals surface area (Å²) in [5.41, 5.74) is 1.55. The first kappa shape index (κ1) is 18.7. The van der Waals surface area contributed by atoms with Gasteiger partial charge in [-0.05, 0) is 55.9 Å². The van der Waals surface area contributed by atoms with Gasteiger partial charge in [0.15, 0.2) is 0 Å². The molecule has 1 saturated heterocycles. The van der Waals surface area contributed by atoms with Gasteiger partial charge in [0, 0.05) is 30.4 Å². The van der Waals surface area contributed by atoms with E-state index in [4.69, 9.17) is 0 Å². The van der Waals surface area contributed by atoms with Crippen molar-refractivity contribution in [2.75, 3.05) is 25.0 Å². The van der Waals surface area contributed by atoms with Crippen molar-refractivity contribution in [2.45, 2.75) is 57.9 Å². The Morgan fingerprint density at radius 2 is 1.65 bits per heavy atom. The van der Waals surface area contributed by atoms with Crippen LogP contribution in [0.2, 0.25) is 0 Å². The number of anilines is 1. The van der Waals surface area contributed by atoms with Crippen LogP contribution in [0.5, 0.6) is 0 Å². The van der Waals surface area contributed by atoms with Crippen LogP contribution in [0.1, 0.15) is 62.2 Å². The Balaban J connectivity index is 1.45. The average molecular weight is 357 g/mol. The molecule has 2 N–H and O–H groups in total. The average Bonchev–Trinajstić information content (AvgIpc) is 2.68. The molecule has 1 aliphatic carbocycles. The number of carbonyl (C=O) groups is 2. The van der Waals surface area contributed by atoms with E-state index < -0.39 is 0 Å². The molecule has 0 spiro atoms. The summed E-state index contributed by atoms with van der Waals surface area (Å²) in [6.07, 6.45) is 8.05. The Bertz CT molecular complexity index is 600. The first-order valence-electron chi connectivity index (χ1n) is 10.0. The highest BCUT2D eigenvalue weighted by Crippen LogP contribution is 2.19. The highest BCUT2D eigenvalue weighted by atomic mass is 16.2. The van der Waals surface area contributed by atoms with E-state index >= 15 is 0 Å². The Kier molecular flexibility index (Phi) is 6.53. The molecule has 0 unspecified atom stereocenters. The molecular formula is C21H31N3O2. The molecule has 2 amide bonds. The highest BCUT2D eigenvalue weighted by molar-refractivity contribution is 5.94. The summed E-state index contributed by atoms with van der Waals surface area (Å²) in [6, 6.07) is 7.72. The quantitative estimate of drug-likeness (QED) is 0.849. The lowest BCUT2D eigenvalue weighted by Gasteiger charge is -2.30. The van der Waals surface area contributed by atoms with Gasteiger partial charge in [0.2, 0.25) is 5.91 Å². The minimum Gasteiger partial charge on any atom is -0.376 e. The number of benzene rings is 1. The topological polar surface area (TPSA) is 61.4 Å². The molecule has 0 bridgehead atoms. The van der Waals surface area contributed by atoms with Crippen molar-refractivity contribution in [1.82, 2.24) is 10.2 Å². The summed E-state index contributed by atoms with van der Waals surface area (Å²) in [5, 5.41) is 6.31. The fourth-order valence-corrected chi connectivity index (χ4v) is 3.80. The van der Waals surface area contributed by atoms with Crippen molar-refractivity contribution in [2.24, 2.45) is 5.92 Å². The van der Waals surface area contributed by atoms with Crippen molar-refractivity contribution >= 4 is 17.5 Å². The molecule has 0 aromatic heterocycles. The standard InChI is InChI=1S/C21H31N3O2/c1-16-11-13-24(14-12-16)20(25)15-22-18-9-7-17(8-10-18)21(26)23-19-5-3-2-4-6-19/h7-10,16,19,22H,2-6,11-15H2,1H3,(H,23,26). The van der Waals surface area contributed by atoms with E-state index in [2.05, 4.69) is 17.6 Å². The zero-order valence-electron chi connectivity index (χ0n) is 15.8. The number of rotatable bonds is 5. The third-order valence-electron chi connectivity index (χ3n) is 5.67. The van der Waals surface area contributed by atoms with E-state index in [9.17, 15) is 9.59 Å². The molecule has 142 valence electrons. The largest absolute Gasteiger partial charge is 0.376 e. The van der Waals surface area contributed by atoms with Crippen molar-refractivity contribution in [3.63, 3.8) is 0 Å². The third kappa shape index (κ3) is 5.23. The van der Waals surface area contributed by atoms with Gasteiger partial charge in [-0.1, -0.05) is 26.2 Å². The second kappa shape index (κ2) is 9.06. The van der Waals surface area contributed by atoms with Gasteiger partial charge in [-0.2, -0.15) is 0 Å². The van der Waals surface area contributed by atoms with E-state index in [0.717, 1.165) is 50.4 Å². The maximum atomic E-state index is 12.3. The zero-order chi connectivity index (χ0) is 18.4. The molecule has 5 nitrogen and oxygen atoms in total. The fraction of sp³-hybridized carbons (Fsp3) is 0.619. The van der Waals surface area contributed by atoms with Crippen LogP contribution in [0, 0.1) is 5.92 Å². The van der Waals surface area contributed by atoms with Crippen LogP contribution in [0.4, 0.5) is 5.69 Å². The zero-order valence-corrected chi connectivity index (χ0v) is 15.8. The molecule has 1 aromatic carbocycles. The van der Waals surface area contributed by atoms with Gasteiger partial charge < -0.3 is 15.5 Å². The molecule has 0 radical (unpaired) electrons. The van der Waals surface area contributed by atoms with Crippen LogP contribution in [0.25, 0.3) is 0 Å². The van der Waals surface area contributed by atoms with Gasteiger partial charge in [-0.3, -0.25) is 9.59 Å². The first-order valence-corrected chi connectivity index (χ1v) is 10.0. The lowest BCUT2D eigenvalue weighted by atomic mass is 9.95. The number of amides is 2. The fourth-order valence-electron chi connectivity index (χ4n) is 3.80. The van der Waals surface area contributed by atoms with Crippen LogP contribution in [-0.2, 0) is 4.79 Å². The maximum absolute atomic E-state index is 12.3. The van der Waals surface area contributed by atoms with Gasteiger partial charge in [-0.15, -0.1) is 0 Å². The molecule has 2 aliphatic rings.